The summed E-state index contributed by atoms with van der Waals surface area (Å²) in [6.45, 7) is 8.03. The Morgan fingerprint density at radius 1 is 1.13 bits per heavy atom. The number of carbonyl (C=O) groups is 1. The van der Waals surface area contributed by atoms with Crippen LogP contribution in [0.25, 0.3) is 0 Å². The molecule has 0 atom stereocenters. The third-order valence-corrected chi connectivity index (χ3v) is 3.20. The summed E-state index contributed by atoms with van der Waals surface area (Å²) in [5.74, 6) is 0. The van der Waals surface area contributed by atoms with Crippen molar-refractivity contribution in [2.45, 2.75) is 0 Å². The summed E-state index contributed by atoms with van der Waals surface area (Å²) in [5.41, 5.74) is 0. The number of piperazine rings is 1. The highest BCUT2D eigenvalue weighted by Crippen LogP contribution is 2.05. The van der Waals surface area contributed by atoms with Crippen LogP contribution in [0.5, 0.6) is 0 Å². The van der Waals surface area contributed by atoms with Crippen LogP contribution in [-0.4, -0.2) is 80.1 Å². The average molecular weight is 212 g/mol. The van der Waals surface area contributed by atoms with E-state index in [4.69, 9.17) is 0 Å². The quantitative estimate of drug-likeness (QED) is 0.669. The first kappa shape index (κ1) is 10.7. The summed E-state index contributed by atoms with van der Waals surface area (Å²) in [6, 6.07) is 0.185. The number of rotatable bonds is 3. The lowest BCUT2D eigenvalue weighted by Crippen LogP contribution is -2.46. The van der Waals surface area contributed by atoms with Gasteiger partial charge in [-0.05, 0) is 0 Å². The molecule has 2 aliphatic rings. The van der Waals surface area contributed by atoms with Crippen molar-refractivity contribution >= 4 is 6.03 Å². The number of urea groups is 1. The SMILES string of the molecule is CN1CCN(CCN2CCNCC2)C1=O. The average Bonchev–Trinajstić information content (AvgIpc) is 2.59. The Morgan fingerprint density at radius 3 is 2.47 bits per heavy atom. The van der Waals surface area contributed by atoms with Gasteiger partial charge in [-0.3, -0.25) is 4.90 Å². The number of nitrogens with one attached hydrogen (secondary N) is 1. The van der Waals surface area contributed by atoms with Gasteiger partial charge in [0, 0.05) is 59.4 Å². The zero-order chi connectivity index (χ0) is 10.7. The molecule has 5 heteroatoms. The minimum absolute atomic E-state index is 0.185. The molecule has 15 heavy (non-hydrogen) atoms. The van der Waals surface area contributed by atoms with Gasteiger partial charge in [0.15, 0.2) is 0 Å². The van der Waals surface area contributed by atoms with Crippen molar-refractivity contribution in [1.29, 1.82) is 0 Å². The third-order valence-electron chi connectivity index (χ3n) is 3.20. The van der Waals surface area contributed by atoms with Crippen molar-refractivity contribution in [3.8, 4) is 0 Å². The molecule has 0 radical (unpaired) electrons. The van der Waals surface area contributed by atoms with Crippen LogP contribution in [0.4, 0.5) is 4.79 Å². The first-order chi connectivity index (χ1) is 7.27. The highest BCUT2D eigenvalue weighted by molar-refractivity contribution is 5.76. The Hall–Kier alpha value is -0.810. The van der Waals surface area contributed by atoms with Crippen LogP contribution in [0.3, 0.4) is 0 Å². The topological polar surface area (TPSA) is 38.8 Å². The summed E-state index contributed by atoms with van der Waals surface area (Å²) < 4.78 is 0. The molecule has 0 bridgehead atoms. The molecule has 1 N–H and O–H groups in total. The van der Waals surface area contributed by atoms with E-state index in [-0.39, 0.29) is 6.03 Å². The number of hydrogen-bond acceptors (Lipinski definition) is 3. The van der Waals surface area contributed by atoms with Crippen molar-refractivity contribution in [3.05, 3.63) is 0 Å². The summed E-state index contributed by atoms with van der Waals surface area (Å²) in [6.07, 6.45) is 0. The smallest absolute Gasteiger partial charge is 0.319 e. The Balaban J connectivity index is 1.71. The van der Waals surface area contributed by atoms with Crippen molar-refractivity contribution in [1.82, 2.24) is 20.0 Å². The molecule has 2 heterocycles. The predicted octanol–water partition coefficient (Wildman–Crippen LogP) is -0.741. The molecule has 2 amide bonds. The van der Waals surface area contributed by atoms with Crippen LogP contribution in [0.15, 0.2) is 0 Å². The number of hydrogen-bond donors (Lipinski definition) is 1. The van der Waals surface area contributed by atoms with Crippen LogP contribution < -0.4 is 5.32 Å². The second-order valence-corrected chi connectivity index (χ2v) is 4.28. The molecular weight excluding hydrogens is 192 g/mol. The lowest BCUT2D eigenvalue weighted by atomic mass is 10.3. The van der Waals surface area contributed by atoms with E-state index in [1.165, 1.54) is 0 Å². The molecule has 0 aromatic heterocycles. The normalized spacial score (nSPS) is 23.9. The van der Waals surface area contributed by atoms with Gasteiger partial charge >= 0.3 is 6.03 Å². The minimum Gasteiger partial charge on any atom is -0.326 e. The Kier molecular flexibility index (Phi) is 3.43. The molecule has 2 fully saturated rings. The Morgan fingerprint density at radius 2 is 1.87 bits per heavy atom. The van der Waals surface area contributed by atoms with Gasteiger partial charge in [0.25, 0.3) is 0 Å². The fourth-order valence-electron chi connectivity index (χ4n) is 2.11. The molecule has 0 aromatic rings. The highest BCUT2D eigenvalue weighted by Gasteiger charge is 2.25. The lowest BCUT2D eigenvalue weighted by Gasteiger charge is -2.28. The molecule has 0 saturated carbocycles. The second kappa shape index (κ2) is 4.81. The number of carbonyl (C=O) groups excluding carboxylic acids is 1. The van der Waals surface area contributed by atoms with Gasteiger partial charge in [-0.15, -0.1) is 0 Å². The van der Waals surface area contributed by atoms with Gasteiger partial charge in [-0.1, -0.05) is 0 Å². The number of nitrogens with zero attached hydrogens (tertiary/aromatic N) is 3. The van der Waals surface area contributed by atoms with E-state index in [2.05, 4.69) is 10.2 Å². The standard InChI is InChI=1S/C10H20N4O/c1-12-6-8-14(10(12)15)9-7-13-4-2-11-3-5-13/h11H,2-9H2,1H3. The molecule has 2 rings (SSSR count). The fourth-order valence-corrected chi connectivity index (χ4v) is 2.11. The molecule has 0 aromatic carbocycles. The molecular formula is C10H20N4O. The first-order valence-corrected chi connectivity index (χ1v) is 5.70. The highest BCUT2D eigenvalue weighted by atomic mass is 16.2. The predicted molar refractivity (Wildman–Crippen MR) is 58.9 cm³/mol. The number of amides is 2. The fraction of sp³-hybridized carbons (Fsp3) is 0.900. The zero-order valence-electron chi connectivity index (χ0n) is 9.41. The second-order valence-electron chi connectivity index (χ2n) is 4.28. The van der Waals surface area contributed by atoms with Crippen LogP contribution in [0, 0.1) is 0 Å². The first-order valence-electron chi connectivity index (χ1n) is 5.70. The zero-order valence-corrected chi connectivity index (χ0v) is 9.41. The van der Waals surface area contributed by atoms with Crippen LogP contribution in [-0.2, 0) is 0 Å². The Bertz CT molecular complexity index is 227. The van der Waals surface area contributed by atoms with E-state index in [0.29, 0.717) is 0 Å². The molecule has 2 aliphatic heterocycles. The summed E-state index contributed by atoms with van der Waals surface area (Å²) in [4.78, 5) is 17.8. The van der Waals surface area contributed by atoms with E-state index in [0.717, 1.165) is 52.4 Å². The van der Waals surface area contributed by atoms with Crippen LogP contribution in [0.1, 0.15) is 0 Å². The van der Waals surface area contributed by atoms with Gasteiger partial charge < -0.3 is 15.1 Å². The maximum atomic E-state index is 11.6. The third kappa shape index (κ3) is 2.60. The van der Waals surface area contributed by atoms with Crippen molar-refractivity contribution < 1.29 is 4.79 Å². The van der Waals surface area contributed by atoms with Gasteiger partial charge in [0.05, 0.1) is 0 Å². The van der Waals surface area contributed by atoms with Gasteiger partial charge in [0.1, 0.15) is 0 Å². The van der Waals surface area contributed by atoms with E-state index in [1.807, 2.05) is 11.9 Å². The Labute approximate surface area is 91.0 Å². The molecule has 0 spiro atoms. The molecule has 2 saturated heterocycles. The molecule has 0 unspecified atom stereocenters. The minimum atomic E-state index is 0.185. The van der Waals surface area contributed by atoms with E-state index >= 15 is 0 Å². The van der Waals surface area contributed by atoms with Crippen molar-refractivity contribution in [3.63, 3.8) is 0 Å². The van der Waals surface area contributed by atoms with E-state index in [9.17, 15) is 4.79 Å². The van der Waals surface area contributed by atoms with E-state index < -0.39 is 0 Å². The summed E-state index contributed by atoms with van der Waals surface area (Å²) in [5, 5.41) is 3.33. The summed E-state index contributed by atoms with van der Waals surface area (Å²) >= 11 is 0. The van der Waals surface area contributed by atoms with Gasteiger partial charge in [-0.2, -0.15) is 0 Å². The largest absolute Gasteiger partial charge is 0.326 e. The molecule has 86 valence electrons. The van der Waals surface area contributed by atoms with Crippen LogP contribution >= 0.6 is 0 Å². The van der Waals surface area contributed by atoms with Gasteiger partial charge in [0.2, 0.25) is 0 Å². The lowest BCUT2D eigenvalue weighted by molar-refractivity contribution is 0.182. The van der Waals surface area contributed by atoms with E-state index in [1.54, 1.807) is 4.90 Å². The van der Waals surface area contributed by atoms with Crippen molar-refractivity contribution in [2.24, 2.45) is 0 Å². The maximum absolute atomic E-state index is 11.6. The molecule has 5 nitrogen and oxygen atoms in total. The van der Waals surface area contributed by atoms with Crippen molar-refractivity contribution in [2.75, 3.05) is 59.4 Å². The monoisotopic (exact) mass is 212 g/mol. The maximum Gasteiger partial charge on any atom is 0.319 e. The van der Waals surface area contributed by atoms with Crippen LogP contribution in [0.2, 0.25) is 0 Å². The molecule has 0 aliphatic carbocycles. The summed E-state index contributed by atoms with van der Waals surface area (Å²) in [7, 11) is 1.87. The number of likely N-dealkylation sites (N-methyl/N-ethyl adjacent to an activating group) is 1. The van der Waals surface area contributed by atoms with Gasteiger partial charge in [-0.25, -0.2) is 4.79 Å².